The van der Waals surface area contributed by atoms with Crippen LogP contribution in [0.4, 0.5) is 0 Å². The minimum absolute atomic E-state index is 0.310. The van der Waals surface area contributed by atoms with E-state index in [2.05, 4.69) is 0 Å². The fourth-order valence-corrected chi connectivity index (χ4v) is 2.28. The van der Waals surface area contributed by atoms with Crippen LogP contribution in [0.2, 0.25) is 0 Å². The average Bonchev–Trinajstić information content (AvgIpc) is 2.78. The van der Waals surface area contributed by atoms with Crippen LogP contribution in [0, 0.1) is 0 Å². The number of carbonyl (C=O) groups excluding carboxylic acids is 2. The fraction of sp³-hybridized carbons (Fsp3) is 0.529. The summed E-state index contributed by atoms with van der Waals surface area (Å²) in [6.45, 7) is 5.35. The van der Waals surface area contributed by atoms with Crippen molar-refractivity contribution >= 4 is 11.9 Å². The third-order valence-electron chi connectivity index (χ3n) is 3.41. The van der Waals surface area contributed by atoms with Crippen LogP contribution in [-0.2, 0) is 19.1 Å². The molecule has 0 aromatic heterocycles. The van der Waals surface area contributed by atoms with Gasteiger partial charge in [-0.3, -0.25) is 4.79 Å². The molecule has 0 saturated carbocycles. The van der Waals surface area contributed by atoms with Crippen molar-refractivity contribution in [3.8, 4) is 11.5 Å². The smallest absolute Gasteiger partial charge is 0.342 e. The lowest BCUT2D eigenvalue weighted by molar-refractivity contribution is -0.161. The molecule has 1 fully saturated rings. The van der Waals surface area contributed by atoms with Crippen LogP contribution < -0.4 is 9.47 Å². The van der Waals surface area contributed by atoms with Crippen molar-refractivity contribution in [3.63, 3.8) is 0 Å². The van der Waals surface area contributed by atoms with Gasteiger partial charge in [-0.1, -0.05) is 19.4 Å². The van der Waals surface area contributed by atoms with E-state index in [0.29, 0.717) is 23.5 Å². The highest BCUT2D eigenvalue weighted by Crippen LogP contribution is 2.37. The summed E-state index contributed by atoms with van der Waals surface area (Å²) in [5.74, 6) is -1.03. The molecule has 6 heteroatoms. The molecule has 1 aliphatic heterocycles. The number of hydrogen-bond acceptors (Lipinski definition) is 6. The van der Waals surface area contributed by atoms with Gasteiger partial charge in [-0.25, -0.2) is 4.79 Å². The summed E-state index contributed by atoms with van der Waals surface area (Å²) in [6.07, 6.45) is 1.23. The monoisotopic (exact) mass is 322 g/mol. The maximum Gasteiger partial charge on any atom is 0.342 e. The molecule has 0 N–H and O–H groups in total. The van der Waals surface area contributed by atoms with Crippen LogP contribution >= 0.6 is 0 Å². The number of ether oxygens (including phenoxy) is 4. The van der Waals surface area contributed by atoms with Gasteiger partial charge < -0.3 is 18.9 Å². The molecule has 1 saturated heterocycles. The van der Waals surface area contributed by atoms with Gasteiger partial charge in [-0.2, -0.15) is 0 Å². The Morgan fingerprint density at radius 2 is 2.04 bits per heavy atom. The van der Waals surface area contributed by atoms with E-state index in [0.717, 1.165) is 12.8 Å². The number of hydrogen-bond donors (Lipinski definition) is 0. The summed E-state index contributed by atoms with van der Waals surface area (Å²) in [5, 5.41) is 0. The Labute approximate surface area is 135 Å². The molecule has 23 heavy (non-hydrogen) atoms. The minimum Gasteiger partial charge on any atom is -0.493 e. The summed E-state index contributed by atoms with van der Waals surface area (Å²) in [5.41, 5.74) is 0.589. The third kappa shape index (κ3) is 4.22. The molecule has 0 unspecified atom stereocenters. The van der Waals surface area contributed by atoms with Gasteiger partial charge in [-0.05, 0) is 24.1 Å². The van der Waals surface area contributed by atoms with Crippen LogP contribution in [0.1, 0.15) is 51.7 Å². The van der Waals surface area contributed by atoms with E-state index in [1.54, 1.807) is 32.0 Å². The molecule has 126 valence electrons. The van der Waals surface area contributed by atoms with Crippen LogP contribution in [0.5, 0.6) is 11.5 Å². The van der Waals surface area contributed by atoms with Gasteiger partial charge in [-0.15, -0.1) is 0 Å². The highest BCUT2D eigenvalue weighted by Gasteiger charge is 2.42. The van der Waals surface area contributed by atoms with E-state index in [1.165, 1.54) is 7.11 Å². The van der Waals surface area contributed by atoms with Crippen molar-refractivity contribution in [2.45, 2.75) is 51.9 Å². The first kappa shape index (κ1) is 17.3. The number of benzene rings is 1. The van der Waals surface area contributed by atoms with Gasteiger partial charge in [0.25, 0.3) is 0 Å². The summed E-state index contributed by atoms with van der Waals surface area (Å²) < 4.78 is 21.3. The quantitative estimate of drug-likeness (QED) is 0.592. The van der Waals surface area contributed by atoms with Crippen molar-refractivity contribution in [1.82, 2.24) is 0 Å². The molecular formula is C17H22O6. The van der Waals surface area contributed by atoms with Gasteiger partial charge in [0.2, 0.25) is 5.79 Å². The Morgan fingerprint density at radius 3 is 2.61 bits per heavy atom. The van der Waals surface area contributed by atoms with Crippen molar-refractivity contribution < 1.29 is 28.5 Å². The highest BCUT2D eigenvalue weighted by molar-refractivity contribution is 5.79. The molecule has 1 aromatic carbocycles. The summed E-state index contributed by atoms with van der Waals surface area (Å²) in [4.78, 5) is 23.6. The van der Waals surface area contributed by atoms with E-state index in [-0.39, 0.29) is 5.97 Å². The number of esters is 2. The van der Waals surface area contributed by atoms with E-state index in [1.807, 2.05) is 6.92 Å². The molecule has 1 aliphatic rings. The van der Waals surface area contributed by atoms with E-state index in [4.69, 9.17) is 18.9 Å². The van der Waals surface area contributed by atoms with Gasteiger partial charge in [0.15, 0.2) is 17.6 Å². The first-order valence-corrected chi connectivity index (χ1v) is 7.65. The van der Waals surface area contributed by atoms with Crippen LogP contribution in [0.3, 0.4) is 0 Å². The number of unbranched alkanes of at least 4 members (excludes halogenated alkanes) is 1. The molecule has 1 heterocycles. The summed E-state index contributed by atoms with van der Waals surface area (Å²) >= 11 is 0. The Morgan fingerprint density at radius 1 is 1.30 bits per heavy atom. The van der Waals surface area contributed by atoms with Crippen molar-refractivity contribution in [1.29, 1.82) is 0 Å². The second-order valence-corrected chi connectivity index (χ2v) is 5.81. The number of methoxy groups -OCH3 is 1. The first-order valence-electron chi connectivity index (χ1n) is 7.65. The zero-order valence-corrected chi connectivity index (χ0v) is 13.9. The lowest BCUT2D eigenvalue weighted by atomic mass is 10.1. The van der Waals surface area contributed by atoms with Crippen molar-refractivity contribution in [2.24, 2.45) is 0 Å². The largest absolute Gasteiger partial charge is 0.493 e. The molecule has 0 amide bonds. The normalized spacial score (nSPS) is 19.3. The average molecular weight is 322 g/mol. The van der Waals surface area contributed by atoms with Gasteiger partial charge in [0.05, 0.1) is 7.11 Å². The fourth-order valence-electron chi connectivity index (χ4n) is 2.28. The van der Waals surface area contributed by atoms with Gasteiger partial charge in [0.1, 0.15) is 0 Å². The zero-order chi connectivity index (χ0) is 17.0. The first-order chi connectivity index (χ1) is 10.9. The van der Waals surface area contributed by atoms with E-state index >= 15 is 0 Å². The second-order valence-electron chi connectivity index (χ2n) is 5.81. The maximum atomic E-state index is 11.9. The second kappa shape index (κ2) is 7.00. The molecule has 2 rings (SSSR count). The standard InChI is InChI=1S/C17H22O6/c1-5-6-7-14(18)21-12-9-8-11(10-13(12)20-4)15-16(19)23-17(2,3)22-15/h8-10,15H,5-7H2,1-4H3/t15-/m0/s1. The third-order valence-corrected chi connectivity index (χ3v) is 3.41. The SMILES string of the molecule is CCCCC(=O)Oc1ccc([C@@H]2OC(C)(C)OC2=O)cc1OC. The predicted molar refractivity (Wildman–Crippen MR) is 82.2 cm³/mol. The van der Waals surface area contributed by atoms with E-state index < -0.39 is 17.9 Å². The number of rotatable bonds is 6. The number of cyclic esters (lactones) is 1. The van der Waals surface area contributed by atoms with Crippen LogP contribution in [-0.4, -0.2) is 24.8 Å². The highest BCUT2D eigenvalue weighted by atomic mass is 16.8. The molecule has 0 aliphatic carbocycles. The minimum atomic E-state index is -0.958. The lowest BCUT2D eigenvalue weighted by Crippen LogP contribution is -2.20. The Balaban J connectivity index is 2.16. The van der Waals surface area contributed by atoms with E-state index in [9.17, 15) is 9.59 Å². The van der Waals surface area contributed by atoms with Gasteiger partial charge in [0, 0.05) is 20.3 Å². The maximum absolute atomic E-state index is 11.9. The summed E-state index contributed by atoms with van der Waals surface area (Å²) in [7, 11) is 1.47. The molecule has 0 spiro atoms. The Bertz CT molecular complexity index is 593. The molecule has 6 nitrogen and oxygen atoms in total. The molecule has 1 aromatic rings. The van der Waals surface area contributed by atoms with Crippen LogP contribution in [0.15, 0.2) is 18.2 Å². The Hall–Kier alpha value is -2.08. The topological polar surface area (TPSA) is 71.1 Å². The summed E-state index contributed by atoms with van der Waals surface area (Å²) in [6, 6.07) is 4.88. The van der Waals surface area contributed by atoms with Gasteiger partial charge >= 0.3 is 11.9 Å². The Kier molecular flexibility index (Phi) is 5.26. The molecular weight excluding hydrogens is 300 g/mol. The molecule has 0 radical (unpaired) electrons. The van der Waals surface area contributed by atoms with Crippen molar-refractivity contribution in [3.05, 3.63) is 23.8 Å². The predicted octanol–water partition coefficient (Wildman–Crippen LogP) is 3.14. The van der Waals surface area contributed by atoms with Crippen molar-refractivity contribution in [2.75, 3.05) is 7.11 Å². The molecule has 0 bridgehead atoms. The molecule has 1 atom stereocenters. The lowest BCUT2D eigenvalue weighted by Gasteiger charge is -2.16. The number of carbonyl (C=O) groups is 2. The van der Waals surface area contributed by atoms with Crippen LogP contribution in [0.25, 0.3) is 0 Å². The zero-order valence-electron chi connectivity index (χ0n) is 13.9.